The van der Waals surface area contributed by atoms with E-state index in [1.54, 1.807) is 6.07 Å². The lowest BCUT2D eigenvalue weighted by Gasteiger charge is -2.28. The van der Waals surface area contributed by atoms with Gasteiger partial charge in [0.05, 0.1) is 5.02 Å². The highest BCUT2D eigenvalue weighted by atomic mass is 35.5. The second-order valence-corrected chi connectivity index (χ2v) is 10.8. The minimum absolute atomic E-state index is 0.0478. The molecule has 0 nitrogen and oxygen atoms in total. The average Bonchev–Trinajstić information content (AvgIpc) is 2.88. The summed E-state index contributed by atoms with van der Waals surface area (Å²) < 4.78 is 43.0. The number of hydrogen-bond donors (Lipinski definition) is 0. The van der Waals surface area contributed by atoms with Crippen LogP contribution in [0, 0.1) is 29.3 Å². The first-order valence-corrected chi connectivity index (χ1v) is 13.8. The quantitative estimate of drug-likeness (QED) is 0.254. The van der Waals surface area contributed by atoms with Crippen LogP contribution in [0.25, 0.3) is 0 Å². The molecule has 0 atom stereocenters. The molecule has 1 fully saturated rings. The van der Waals surface area contributed by atoms with Crippen LogP contribution < -0.4 is 0 Å². The third-order valence-corrected chi connectivity index (χ3v) is 8.24. The van der Waals surface area contributed by atoms with E-state index in [4.69, 9.17) is 11.6 Å². The summed E-state index contributed by atoms with van der Waals surface area (Å²) in [5, 5.41) is 0.0478. The summed E-state index contributed by atoms with van der Waals surface area (Å²) in [7, 11) is 0. The molecule has 1 saturated carbocycles. The van der Waals surface area contributed by atoms with Gasteiger partial charge in [-0.3, -0.25) is 0 Å². The maximum absolute atomic E-state index is 14.7. The van der Waals surface area contributed by atoms with Gasteiger partial charge in [0, 0.05) is 5.56 Å². The van der Waals surface area contributed by atoms with Gasteiger partial charge in [0.1, 0.15) is 17.5 Å². The van der Waals surface area contributed by atoms with Crippen molar-refractivity contribution in [3.63, 3.8) is 0 Å². The molecule has 4 heteroatoms. The maximum Gasteiger partial charge on any atom is 0.142 e. The van der Waals surface area contributed by atoms with Crippen LogP contribution in [0.3, 0.4) is 0 Å². The first-order chi connectivity index (χ1) is 17.4. The molecule has 36 heavy (non-hydrogen) atoms. The van der Waals surface area contributed by atoms with Crippen molar-refractivity contribution in [2.24, 2.45) is 11.8 Å². The van der Waals surface area contributed by atoms with E-state index in [1.807, 2.05) is 0 Å². The van der Waals surface area contributed by atoms with E-state index < -0.39 is 17.5 Å². The second-order valence-electron chi connectivity index (χ2n) is 10.4. The Bertz CT molecular complexity index is 1110. The van der Waals surface area contributed by atoms with Crippen LogP contribution in [0.5, 0.6) is 0 Å². The van der Waals surface area contributed by atoms with Crippen LogP contribution in [0.15, 0.2) is 54.6 Å². The molecule has 0 bridgehead atoms. The van der Waals surface area contributed by atoms with Gasteiger partial charge in [-0.1, -0.05) is 74.5 Å². The van der Waals surface area contributed by atoms with Gasteiger partial charge in [0.25, 0.3) is 0 Å². The van der Waals surface area contributed by atoms with Crippen molar-refractivity contribution in [3.05, 3.63) is 105 Å². The summed E-state index contributed by atoms with van der Waals surface area (Å²) in [4.78, 5) is 0. The zero-order valence-corrected chi connectivity index (χ0v) is 21.9. The van der Waals surface area contributed by atoms with Gasteiger partial charge >= 0.3 is 0 Å². The normalized spacial score (nSPS) is 17.9. The summed E-state index contributed by atoms with van der Waals surface area (Å²) in [6, 6.07) is 16.5. The topological polar surface area (TPSA) is 0 Å². The van der Waals surface area contributed by atoms with Crippen molar-refractivity contribution in [2.45, 2.75) is 77.6 Å². The molecular formula is C32H36ClF3. The van der Waals surface area contributed by atoms with Crippen molar-refractivity contribution in [3.8, 4) is 0 Å². The van der Waals surface area contributed by atoms with Crippen LogP contribution in [0.1, 0.15) is 73.3 Å². The number of benzene rings is 3. The number of hydrogen-bond acceptors (Lipinski definition) is 0. The Kier molecular flexibility index (Phi) is 9.53. The van der Waals surface area contributed by atoms with E-state index in [2.05, 4.69) is 31.2 Å². The standard InChI is InChI=1S/C32H36ClF3/c1-2-22-3-5-23(6-4-22)7-8-24-9-11-25(12-10-24)13-14-27-20-30(34)28(31(35)21-27)17-15-26-16-18-29(33)32(36)19-26/h3-6,16,18-21,24-25H,2,7-15,17H2,1H3. The van der Waals surface area contributed by atoms with Crippen molar-refractivity contribution in [1.82, 2.24) is 0 Å². The minimum Gasteiger partial charge on any atom is -0.207 e. The molecule has 1 aliphatic rings. The monoisotopic (exact) mass is 512 g/mol. The molecule has 3 aromatic carbocycles. The van der Waals surface area contributed by atoms with Gasteiger partial charge in [-0.2, -0.15) is 0 Å². The van der Waals surface area contributed by atoms with Crippen molar-refractivity contribution in [2.75, 3.05) is 0 Å². The smallest absolute Gasteiger partial charge is 0.142 e. The number of halogens is 4. The van der Waals surface area contributed by atoms with Gasteiger partial charge in [0.2, 0.25) is 0 Å². The third-order valence-electron chi connectivity index (χ3n) is 7.93. The fourth-order valence-electron chi connectivity index (χ4n) is 5.50. The molecule has 192 valence electrons. The molecule has 0 radical (unpaired) electrons. The van der Waals surface area contributed by atoms with E-state index >= 15 is 0 Å². The minimum atomic E-state index is -0.513. The highest BCUT2D eigenvalue weighted by molar-refractivity contribution is 6.30. The van der Waals surface area contributed by atoms with Crippen LogP contribution in [-0.4, -0.2) is 0 Å². The average molecular weight is 513 g/mol. The number of aryl methyl sites for hydroxylation is 4. The van der Waals surface area contributed by atoms with E-state index in [1.165, 1.54) is 67.5 Å². The van der Waals surface area contributed by atoms with Crippen LogP contribution in [-0.2, 0) is 32.1 Å². The fourth-order valence-corrected chi connectivity index (χ4v) is 5.61. The van der Waals surface area contributed by atoms with E-state index in [0.717, 1.165) is 30.7 Å². The molecule has 3 aromatic rings. The van der Waals surface area contributed by atoms with Crippen molar-refractivity contribution in [1.29, 1.82) is 0 Å². The van der Waals surface area contributed by atoms with E-state index in [9.17, 15) is 13.2 Å². The highest BCUT2D eigenvalue weighted by Gasteiger charge is 2.21. The molecule has 0 aliphatic heterocycles. The highest BCUT2D eigenvalue weighted by Crippen LogP contribution is 2.34. The predicted molar refractivity (Wildman–Crippen MR) is 143 cm³/mol. The van der Waals surface area contributed by atoms with Gasteiger partial charge in [0.15, 0.2) is 0 Å². The molecule has 0 heterocycles. The lowest BCUT2D eigenvalue weighted by Crippen LogP contribution is -2.16. The first kappa shape index (κ1) is 26.8. The molecule has 0 spiro atoms. The summed E-state index contributed by atoms with van der Waals surface area (Å²) in [5.41, 5.74) is 4.29. The Morgan fingerprint density at radius 2 is 1.11 bits per heavy atom. The fraction of sp³-hybridized carbons (Fsp3) is 0.438. The summed E-state index contributed by atoms with van der Waals surface area (Å²) in [6.45, 7) is 2.18. The molecule has 1 aliphatic carbocycles. The number of rotatable bonds is 10. The zero-order valence-electron chi connectivity index (χ0n) is 21.1. The molecule has 0 aromatic heterocycles. The van der Waals surface area contributed by atoms with Gasteiger partial charge in [-0.05, 0) is 103 Å². The Morgan fingerprint density at radius 1 is 0.611 bits per heavy atom. The second kappa shape index (κ2) is 12.8. The Balaban J connectivity index is 1.21. The van der Waals surface area contributed by atoms with Gasteiger partial charge in [-0.25, -0.2) is 13.2 Å². The summed E-state index contributed by atoms with van der Waals surface area (Å²) in [6.07, 6.45) is 10.6. The largest absolute Gasteiger partial charge is 0.207 e. The Morgan fingerprint density at radius 3 is 1.67 bits per heavy atom. The molecule has 0 amide bonds. The van der Waals surface area contributed by atoms with Crippen LogP contribution >= 0.6 is 11.6 Å². The first-order valence-electron chi connectivity index (χ1n) is 13.4. The lowest BCUT2D eigenvalue weighted by molar-refractivity contribution is 0.253. The molecule has 4 rings (SSSR count). The third kappa shape index (κ3) is 7.38. The Labute approximate surface area is 218 Å². The SMILES string of the molecule is CCc1ccc(CCC2CCC(CCc3cc(F)c(CCc4ccc(Cl)c(F)c4)c(F)c3)CC2)cc1. The Hall–Kier alpha value is -2.26. The van der Waals surface area contributed by atoms with Gasteiger partial charge < -0.3 is 0 Å². The van der Waals surface area contributed by atoms with Crippen LogP contribution in [0.2, 0.25) is 5.02 Å². The molecule has 0 N–H and O–H groups in total. The molecular weight excluding hydrogens is 477 g/mol. The maximum atomic E-state index is 14.7. The van der Waals surface area contributed by atoms with E-state index in [-0.39, 0.29) is 17.0 Å². The van der Waals surface area contributed by atoms with Gasteiger partial charge in [-0.15, -0.1) is 0 Å². The predicted octanol–water partition coefficient (Wildman–Crippen LogP) is 9.48. The zero-order chi connectivity index (χ0) is 25.5. The van der Waals surface area contributed by atoms with Crippen molar-refractivity contribution < 1.29 is 13.2 Å². The summed E-state index contributed by atoms with van der Waals surface area (Å²) in [5.74, 6) is -0.0995. The van der Waals surface area contributed by atoms with Crippen molar-refractivity contribution >= 4 is 11.6 Å². The summed E-state index contributed by atoms with van der Waals surface area (Å²) >= 11 is 5.71. The van der Waals surface area contributed by atoms with E-state index in [0.29, 0.717) is 24.3 Å². The lowest BCUT2D eigenvalue weighted by atomic mass is 9.77. The van der Waals surface area contributed by atoms with Crippen LogP contribution in [0.4, 0.5) is 13.2 Å². The molecule has 0 saturated heterocycles. The molecule has 0 unspecified atom stereocenters.